The highest BCUT2D eigenvalue weighted by atomic mass is 19.4. The van der Waals surface area contributed by atoms with E-state index < -0.39 is 11.7 Å². The van der Waals surface area contributed by atoms with Crippen LogP contribution in [0, 0.1) is 0 Å². The number of ether oxygens (including phenoxy) is 2. The third-order valence-corrected chi connectivity index (χ3v) is 4.37. The number of alkyl halides is 3. The number of hydrogen-bond donors (Lipinski definition) is 1. The molecule has 1 unspecified atom stereocenters. The van der Waals surface area contributed by atoms with Crippen molar-refractivity contribution in [1.29, 1.82) is 0 Å². The van der Waals surface area contributed by atoms with E-state index in [1.807, 2.05) is 18.1 Å². The van der Waals surface area contributed by atoms with E-state index in [4.69, 9.17) is 9.47 Å². The molecule has 0 saturated carbocycles. The molecular weight excluding hydrogens is 373 g/mol. The molecule has 1 heterocycles. The number of aldehydes is 1. The summed E-state index contributed by atoms with van der Waals surface area (Å²) >= 11 is 0. The van der Waals surface area contributed by atoms with E-state index in [1.54, 1.807) is 12.2 Å². The van der Waals surface area contributed by atoms with Crippen LogP contribution >= 0.6 is 0 Å². The summed E-state index contributed by atoms with van der Waals surface area (Å²) in [6, 6.07) is 3.46. The Kier molecular flexibility index (Phi) is 8.07. The van der Waals surface area contributed by atoms with Gasteiger partial charge >= 0.3 is 6.18 Å². The maximum atomic E-state index is 13.0. The van der Waals surface area contributed by atoms with Crippen molar-refractivity contribution in [3.63, 3.8) is 0 Å². The molecule has 5 nitrogen and oxygen atoms in total. The molecule has 0 radical (unpaired) electrons. The summed E-state index contributed by atoms with van der Waals surface area (Å²) in [6.45, 7) is 1.63. The zero-order valence-corrected chi connectivity index (χ0v) is 16.0. The first kappa shape index (κ1) is 22.0. The Morgan fingerprint density at radius 1 is 1.39 bits per heavy atom. The third-order valence-electron chi connectivity index (χ3n) is 4.37. The maximum absolute atomic E-state index is 13.0. The minimum atomic E-state index is -4.51. The van der Waals surface area contributed by atoms with Crippen LogP contribution in [0.15, 0.2) is 36.6 Å². The second kappa shape index (κ2) is 10.3. The van der Waals surface area contributed by atoms with Crippen LogP contribution < -0.4 is 10.1 Å². The average Bonchev–Trinajstić information content (AvgIpc) is 3.15. The van der Waals surface area contributed by atoms with Crippen molar-refractivity contribution in [2.75, 3.05) is 34.0 Å². The van der Waals surface area contributed by atoms with E-state index in [0.717, 1.165) is 38.1 Å². The van der Waals surface area contributed by atoms with Gasteiger partial charge in [0.05, 0.1) is 5.56 Å². The lowest BCUT2D eigenvalue weighted by atomic mass is 10.0. The summed E-state index contributed by atoms with van der Waals surface area (Å²) in [6.07, 6.45) is 3.43. The van der Waals surface area contributed by atoms with Crippen LogP contribution in [0.4, 0.5) is 13.2 Å². The number of allylic oxidation sites excluding steroid dienone is 3. The molecule has 154 valence electrons. The van der Waals surface area contributed by atoms with Crippen molar-refractivity contribution >= 4 is 11.9 Å². The second-order valence-electron chi connectivity index (χ2n) is 6.57. The van der Waals surface area contributed by atoms with Crippen molar-refractivity contribution in [2.45, 2.75) is 25.1 Å². The molecule has 1 aromatic rings. The zero-order valence-electron chi connectivity index (χ0n) is 16.0. The second-order valence-corrected chi connectivity index (χ2v) is 6.57. The Morgan fingerprint density at radius 3 is 2.79 bits per heavy atom. The van der Waals surface area contributed by atoms with Gasteiger partial charge in [0.1, 0.15) is 5.75 Å². The van der Waals surface area contributed by atoms with Crippen molar-refractivity contribution in [1.82, 2.24) is 10.2 Å². The smallest absolute Gasteiger partial charge is 0.416 e. The molecule has 8 heteroatoms. The highest BCUT2D eigenvalue weighted by Crippen LogP contribution is 2.35. The number of rotatable bonds is 9. The van der Waals surface area contributed by atoms with Crippen LogP contribution in [0.5, 0.6) is 5.75 Å². The number of nitrogens with one attached hydrogen (secondary N) is 1. The van der Waals surface area contributed by atoms with Crippen molar-refractivity contribution in [3.05, 3.63) is 47.7 Å². The first-order valence-electron chi connectivity index (χ1n) is 8.95. The number of carbonyl (C=O) groups excluding carboxylic acids is 1. The molecule has 1 fully saturated rings. The molecule has 2 rings (SSSR count). The summed E-state index contributed by atoms with van der Waals surface area (Å²) in [4.78, 5) is 13.5. The maximum Gasteiger partial charge on any atom is 0.416 e. The van der Waals surface area contributed by atoms with Gasteiger partial charge in [0.15, 0.2) is 13.1 Å². The van der Waals surface area contributed by atoms with Crippen molar-refractivity contribution < 1.29 is 27.4 Å². The first-order chi connectivity index (χ1) is 13.3. The van der Waals surface area contributed by atoms with Crippen LogP contribution in [0.2, 0.25) is 0 Å². The number of hydrogen-bond acceptors (Lipinski definition) is 5. The highest BCUT2D eigenvalue weighted by molar-refractivity contribution is 6.08. The van der Waals surface area contributed by atoms with Crippen LogP contribution in [0.25, 0.3) is 5.57 Å². The van der Waals surface area contributed by atoms with Crippen molar-refractivity contribution in [2.24, 2.45) is 0 Å². The number of nitrogens with zero attached hydrogens (tertiary/aromatic N) is 1. The van der Waals surface area contributed by atoms with Gasteiger partial charge in [-0.25, -0.2) is 0 Å². The molecule has 1 aliphatic heterocycles. The van der Waals surface area contributed by atoms with Gasteiger partial charge in [-0.1, -0.05) is 0 Å². The number of carbonyl (C=O) groups is 1. The number of halogens is 3. The van der Waals surface area contributed by atoms with E-state index >= 15 is 0 Å². The normalized spacial score (nSPS) is 17.9. The van der Waals surface area contributed by atoms with Crippen LogP contribution in [-0.4, -0.2) is 51.3 Å². The Labute approximate surface area is 162 Å². The lowest BCUT2D eigenvalue weighted by Crippen LogP contribution is -2.32. The number of methoxy groups -OCH3 is 1. The molecule has 1 saturated heterocycles. The largest absolute Gasteiger partial charge is 0.467 e. The minimum Gasteiger partial charge on any atom is -0.467 e. The standard InChI is InChI=1S/C20H25F3N2O3/c1-25(12-17-6-3-9-24-17)10-4-5-15(13-26)18-8-7-16(20(21,22)23)11-19(18)28-14-27-2/h4-5,7-8,10-11,13,17,24H,3,6,9,12,14H2,1-2H3/b10-4-,15-5+. The van der Waals surface area contributed by atoms with E-state index in [-0.39, 0.29) is 23.7 Å². The van der Waals surface area contributed by atoms with Crippen LogP contribution in [0.3, 0.4) is 0 Å². The van der Waals surface area contributed by atoms with Gasteiger partial charge in [0.25, 0.3) is 0 Å². The summed E-state index contributed by atoms with van der Waals surface area (Å²) in [5.41, 5.74) is -0.375. The summed E-state index contributed by atoms with van der Waals surface area (Å²) < 4.78 is 48.9. The fourth-order valence-corrected chi connectivity index (χ4v) is 2.99. The van der Waals surface area contributed by atoms with Gasteiger partial charge in [0, 0.05) is 37.9 Å². The van der Waals surface area contributed by atoms with E-state index in [2.05, 4.69) is 5.32 Å². The van der Waals surface area contributed by atoms with Crippen LogP contribution in [-0.2, 0) is 15.7 Å². The predicted molar refractivity (Wildman–Crippen MR) is 101 cm³/mol. The predicted octanol–water partition coefficient (Wildman–Crippen LogP) is 3.47. The SMILES string of the molecule is COCOc1cc(C(F)(F)F)ccc1/C(C=O)=C/C=C\N(C)CC1CCCN1. The molecule has 1 N–H and O–H groups in total. The van der Waals surface area contributed by atoms with Gasteiger partial charge in [-0.2, -0.15) is 13.2 Å². The van der Waals surface area contributed by atoms with Gasteiger partial charge in [0.2, 0.25) is 0 Å². The molecule has 0 bridgehead atoms. The molecule has 28 heavy (non-hydrogen) atoms. The van der Waals surface area contributed by atoms with Gasteiger partial charge in [-0.3, -0.25) is 4.79 Å². The fraction of sp³-hybridized carbons (Fsp3) is 0.450. The molecule has 0 aliphatic carbocycles. The van der Waals surface area contributed by atoms with Gasteiger partial charge in [-0.05, 0) is 55.9 Å². The van der Waals surface area contributed by atoms with Crippen LogP contribution in [0.1, 0.15) is 24.0 Å². The molecule has 0 aromatic heterocycles. The van der Waals surface area contributed by atoms with Crippen molar-refractivity contribution in [3.8, 4) is 5.75 Å². The molecule has 1 aromatic carbocycles. The lowest BCUT2D eigenvalue weighted by Gasteiger charge is -2.18. The quantitative estimate of drug-likeness (QED) is 0.299. The number of likely N-dealkylation sites (N-methyl/N-ethyl adjacent to an activating group) is 1. The third kappa shape index (κ3) is 6.38. The molecule has 0 amide bonds. The number of benzene rings is 1. The Balaban J connectivity index is 2.19. The molecule has 1 aliphatic rings. The van der Waals surface area contributed by atoms with E-state index in [0.29, 0.717) is 12.3 Å². The zero-order chi connectivity index (χ0) is 20.6. The van der Waals surface area contributed by atoms with Gasteiger partial charge in [-0.15, -0.1) is 0 Å². The lowest BCUT2D eigenvalue weighted by molar-refractivity contribution is -0.137. The topological polar surface area (TPSA) is 50.8 Å². The Hall–Kier alpha value is -2.32. The molecular formula is C20H25F3N2O3. The van der Waals surface area contributed by atoms with E-state index in [9.17, 15) is 18.0 Å². The van der Waals surface area contributed by atoms with Gasteiger partial charge < -0.3 is 19.7 Å². The summed E-state index contributed by atoms with van der Waals surface area (Å²) in [5.74, 6) is -0.0630. The molecule has 1 atom stereocenters. The monoisotopic (exact) mass is 398 g/mol. The summed E-state index contributed by atoms with van der Waals surface area (Å²) in [5, 5.41) is 3.40. The summed E-state index contributed by atoms with van der Waals surface area (Å²) in [7, 11) is 3.29. The highest BCUT2D eigenvalue weighted by Gasteiger charge is 2.31. The first-order valence-corrected chi connectivity index (χ1v) is 8.95. The van der Waals surface area contributed by atoms with E-state index in [1.165, 1.54) is 13.2 Å². The molecule has 0 spiro atoms. The fourth-order valence-electron chi connectivity index (χ4n) is 2.99. The minimum absolute atomic E-state index is 0.0630. The Morgan fingerprint density at radius 2 is 2.18 bits per heavy atom. The average molecular weight is 398 g/mol. The Bertz CT molecular complexity index is 711.